The fourth-order valence-electron chi connectivity index (χ4n) is 3.04. The van der Waals surface area contributed by atoms with Gasteiger partial charge in [0.1, 0.15) is 11.6 Å². The van der Waals surface area contributed by atoms with E-state index in [1.807, 2.05) is 36.4 Å². The molecule has 0 aliphatic heterocycles. The highest BCUT2D eigenvalue weighted by Crippen LogP contribution is 2.41. The van der Waals surface area contributed by atoms with Crippen molar-refractivity contribution in [1.29, 1.82) is 0 Å². The van der Waals surface area contributed by atoms with E-state index in [2.05, 4.69) is 6.92 Å². The van der Waals surface area contributed by atoms with Gasteiger partial charge in [-0.2, -0.15) is 0 Å². The van der Waals surface area contributed by atoms with E-state index in [9.17, 15) is 4.39 Å². The molecular weight excluding hydrogens is 318 g/mol. The van der Waals surface area contributed by atoms with Gasteiger partial charge in [-0.25, -0.2) is 8.78 Å². The summed E-state index contributed by atoms with van der Waals surface area (Å²) in [5.41, 5.74) is 0.254. The molecule has 0 amide bonds. The van der Waals surface area contributed by atoms with Crippen LogP contribution in [0.2, 0.25) is 0 Å². The molecule has 3 rings (SSSR count). The van der Waals surface area contributed by atoms with Gasteiger partial charge in [-0.3, -0.25) is 0 Å². The quantitative estimate of drug-likeness (QED) is 0.545. The summed E-state index contributed by atoms with van der Waals surface area (Å²) in [7, 11) is 0. The maximum absolute atomic E-state index is 15.5. The molecule has 2 aromatic rings. The van der Waals surface area contributed by atoms with Crippen LogP contribution in [0.1, 0.15) is 31.7 Å². The third kappa shape index (κ3) is 3.98. The fraction of sp³-hybridized carbons (Fsp3) is 0.273. The average Bonchev–Trinajstić information content (AvgIpc) is 2.62. The Balaban J connectivity index is 1.97. The SMILES string of the molecule is CCCCOc1cccc(-c2ccccc2C2(F)C=C(F)C=CC2)c1. The Hall–Kier alpha value is -2.42. The summed E-state index contributed by atoms with van der Waals surface area (Å²) in [5.74, 6) is 0.221. The lowest BCUT2D eigenvalue weighted by Crippen LogP contribution is -2.19. The van der Waals surface area contributed by atoms with Gasteiger partial charge in [0.05, 0.1) is 6.61 Å². The largest absolute Gasteiger partial charge is 0.494 e. The summed E-state index contributed by atoms with van der Waals surface area (Å²) >= 11 is 0. The first kappa shape index (κ1) is 17.4. The van der Waals surface area contributed by atoms with Crippen LogP contribution in [0.25, 0.3) is 11.1 Å². The number of hydrogen-bond acceptors (Lipinski definition) is 1. The molecule has 1 nitrogen and oxygen atoms in total. The lowest BCUT2D eigenvalue weighted by atomic mass is 9.84. The van der Waals surface area contributed by atoms with Crippen molar-refractivity contribution in [1.82, 2.24) is 0 Å². The highest BCUT2D eigenvalue weighted by Gasteiger charge is 2.33. The van der Waals surface area contributed by atoms with Gasteiger partial charge in [-0.1, -0.05) is 55.8 Å². The molecule has 1 atom stereocenters. The first-order valence-corrected chi connectivity index (χ1v) is 8.69. The lowest BCUT2D eigenvalue weighted by Gasteiger charge is -2.26. The molecule has 25 heavy (non-hydrogen) atoms. The highest BCUT2D eigenvalue weighted by atomic mass is 19.1. The number of benzene rings is 2. The minimum atomic E-state index is -1.84. The second-order valence-electron chi connectivity index (χ2n) is 6.27. The molecule has 3 heteroatoms. The van der Waals surface area contributed by atoms with Crippen LogP contribution in [0.3, 0.4) is 0 Å². The van der Waals surface area contributed by atoms with Crippen molar-refractivity contribution in [2.45, 2.75) is 31.9 Å². The fourth-order valence-corrected chi connectivity index (χ4v) is 3.04. The number of rotatable bonds is 6. The topological polar surface area (TPSA) is 9.23 Å². The van der Waals surface area contributed by atoms with E-state index in [4.69, 9.17) is 4.74 Å². The Bertz CT molecular complexity index is 794. The van der Waals surface area contributed by atoms with Crippen molar-refractivity contribution in [3.05, 3.63) is 78.1 Å². The zero-order valence-electron chi connectivity index (χ0n) is 14.3. The van der Waals surface area contributed by atoms with Crippen LogP contribution in [0.4, 0.5) is 8.78 Å². The van der Waals surface area contributed by atoms with E-state index in [1.54, 1.807) is 12.1 Å². The Morgan fingerprint density at radius 2 is 1.96 bits per heavy atom. The molecule has 0 radical (unpaired) electrons. The van der Waals surface area contributed by atoms with Crippen LogP contribution >= 0.6 is 0 Å². The van der Waals surface area contributed by atoms with Crippen molar-refractivity contribution < 1.29 is 13.5 Å². The van der Waals surface area contributed by atoms with Crippen LogP contribution in [-0.2, 0) is 5.67 Å². The average molecular weight is 340 g/mol. The zero-order chi connectivity index (χ0) is 17.7. The monoisotopic (exact) mass is 340 g/mol. The van der Waals surface area contributed by atoms with Crippen molar-refractivity contribution >= 4 is 0 Å². The Morgan fingerprint density at radius 1 is 1.12 bits per heavy atom. The van der Waals surface area contributed by atoms with E-state index in [-0.39, 0.29) is 6.42 Å². The second kappa shape index (κ2) is 7.64. The van der Waals surface area contributed by atoms with E-state index in [0.29, 0.717) is 12.2 Å². The molecule has 1 unspecified atom stereocenters. The molecule has 0 spiro atoms. The molecule has 0 fully saturated rings. The summed E-state index contributed by atoms with van der Waals surface area (Å²) < 4.78 is 34.9. The first-order chi connectivity index (χ1) is 12.1. The van der Waals surface area contributed by atoms with Gasteiger partial charge in [-0.05, 0) is 41.8 Å². The molecule has 0 N–H and O–H groups in total. The molecule has 130 valence electrons. The summed E-state index contributed by atoms with van der Waals surface area (Å²) in [6.45, 7) is 2.77. The third-order valence-corrected chi connectivity index (χ3v) is 4.35. The van der Waals surface area contributed by atoms with Crippen LogP contribution in [-0.4, -0.2) is 6.61 Å². The van der Waals surface area contributed by atoms with E-state index >= 15 is 4.39 Å². The van der Waals surface area contributed by atoms with Gasteiger partial charge in [0.15, 0.2) is 5.67 Å². The molecule has 0 aromatic heterocycles. The number of hydrogen-bond donors (Lipinski definition) is 0. The number of halogens is 2. The minimum Gasteiger partial charge on any atom is -0.494 e. The molecule has 0 saturated heterocycles. The van der Waals surface area contributed by atoms with Gasteiger partial charge in [0.25, 0.3) is 0 Å². The van der Waals surface area contributed by atoms with Crippen LogP contribution in [0.15, 0.2) is 72.6 Å². The third-order valence-electron chi connectivity index (χ3n) is 4.35. The normalized spacial score (nSPS) is 19.6. The Kier molecular flexibility index (Phi) is 5.32. The van der Waals surface area contributed by atoms with Gasteiger partial charge >= 0.3 is 0 Å². The zero-order valence-corrected chi connectivity index (χ0v) is 14.3. The predicted molar refractivity (Wildman–Crippen MR) is 98.0 cm³/mol. The molecule has 1 aliphatic rings. The summed E-state index contributed by atoms with van der Waals surface area (Å²) in [6.07, 6.45) is 6.10. The van der Waals surface area contributed by atoms with E-state index in [0.717, 1.165) is 35.8 Å². The van der Waals surface area contributed by atoms with E-state index < -0.39 is 11.5 Å². The van der Waals surface area contributed by atoms with Crippen molar-refractivity contribution in [3.8, 4) is 16.9 Å². The molecule has 1 aliphatic carbocycles. The predicted octanol–water partition coefficient (Wildman–Crippen LogP) is 6.51. The van der Waals surface area contributed by atoms with Crippen LogP contribution in [0.5, 0.6) is 5.75 Å². The summed E-state index contributed by atoms with van der Waals surface area (Å²) in [5, 5.41) is 0. The van der Waals surface area contributed by atoms with Gasteiger partial charge in [0, 0.05) is 12.0 Å². The standard InChI is InChI=1S/C22H22F2O/c1-2-3-14-25-19-10-6-8-17(15-19)20-11-4-5-12-21(20)22(24)13-7-9-18(23)16-22/h4-12,15-16H,2-3,13-14H2,1H3. The highest BCUT2D eigenvalue weighted by molar-refractivity contribution is 5.70. The number of alkyl halides is 1. The van der Waals surface area contributed by atoms with E-state index in [1.165, 1.54) is 12.2 Å². The second-order valence-corrected chi connectivity index (χ2v) is 6.27. The molecule has 0 bridgehead atoms. The summed E-state index contributed by atoms with van der Waals surface area (Å²) in [4.78, 5) is 0. The molecule has 0 saturated carbocycles. The molecular formula is C22H22F2O. The molecule has 2 aromatic carbocycles. The van der Waals surface area contributed by atoms with Crippen molar-refractivity contribution in [2.75, 3.05) is 6.61 Å². The van der Waals surface area contributed by atoms with Gasteiger partial charge in [-0.15, -0.1) is 0 Å². The van der Waals surface area contributed by atoms with Crippen molar-refractivity contribution in [3.63, 3.8) is 0 Å². The molecule has 0 heterocycles. The Labute approximate surface area is 147 Å². The van der Waals surface area contributed by atoms with Crippen molar-refractivity contribution in [2.24, 2.45) is 0 Å². The van der Waals surface area contributed by atoms with Gasteiger partial charge < -0.3 is 4.74 Å². The lowest BCUT2D eigenvalue weighted by molar-refractivity contribution is 0.231. The number of ether oxygens (including phenoxy) is 1. The summed E-state index contributed by atoms with van der Waals surface area (Å²) in [6, 6.07) is 14.9. The maximum Gasteiger partial charge on any atom is 0.161 e. The number of allylic oxidation sites excluding steroid dienone is 4. The Morgan fingerprint density at radius 3 is 2.76 bits per heavy atom. The maximum atomic E-state index is 15.5. The van der Waals surface area contributed by atoms with Crippen LogP contribution in [0, 0.1) is 0 Å². The van der Waals surface area contributed by atoms with Gasteiger partial charge in [0.2, 0.25) is 0 Å². The minimum absolute atomic E-state index is 0.129. The smallest absolute Gasteiger partial charge is 0.161 e. The number of unbranched alkanes of at least 4 members (excludes halogenated alkanes) is 1. The van der Waals surface area contributed by atoms with Crippen LogP contribution < -0.4 is 4.74 Å². The first-order valence-electron chi connectivity index (χ1n) is 8.69.